The number of amides is 2. The average molecular weight is 320 g/mol. The second-order valence-corrected chi connectivity index (χ2v) is 7.41. The molecule has 2 rings (SSSR count). The number of piperazine rings is 1. The molecule has 1 aliphatic rings. The van der Waals surface area contributed by atoms with Crippen molar-refractivity contribution in [3.8, 4) is 0 Å². The van der Waals surface area contributed by atoms with E-state index in [2.05, 4.69) is 33.4 Å². The summed E-state index contributed by atoms with van der Waals surface area (Å²) in [5.41, 5.74) is 0.620. The van der Waals surface area contributed by atoms with Crippen molar-refractivity contribution in [1.29, 1.82) is 0 Å². The maximum atomic E-state index is 12.5. The lowest BCUT2D eigenvalue weighted by Gasteiger charge is -2.36. The van der Waals surface area contributed by atoms with Gasteiger partial charge in [-0.15, -0.1) is 12.6 Å². The molecule has 120 valence electrons. The van der Waals surface area contributed by atoms with Crippen molar-refractivity contribution in [2.75, 3.05) is 26.2 Å². The fourth-order valence-electron chi connectivity index (χ4n) is 2.55. The lowest BCUT2D eigenvalue weighted by molar-refractivity contribution is -0.134. The first-order valence-electron chi connectivity index (χ1n) is 7.63. The molecule has 0 aliphatic carbocycles. The topological polar surface area (TPSA) is 40.6 Å². The van der Waals surface area contributed by atoms with Crippen LogP contribution in [0.4, 0.5) is 0 Å². The lowest BCUT2D eigenvalue weighted by Crippen LogP contribution is -2.51. The Balaban J connectivity index is 1.94. The average Bonchev–Trinajstić information content (AvgIpc) is 2.45. The summed E-state index contributed by atoms with van der Waals surface area (Å²) in [6, 6.07) is 7.32. The highest BCUT2D eigenvalue weighted by Gasteiger charge is 2.27. The summed E-state index contributed by atoms with van der Waals surface area (Å²) in [5, 5.41) is 0. The van der Waals surface area contributed by atoms with Crippen LogP contribution >= 0.6 is 12.6 Å². The summed E-state index contributed by atoms with van der Waals surface area (Å²) in [5.74, 6) is 0.169. The molecule has 0 spiro atoms. The molecule has 4 nitrogen and oxygen atoms in total. The van der Waals surface area contributed by atoms with E-state index in [-0.39, 0.29) is 17.2 Å². The van der Waals surface area contributed by atoms with Gasteiger partial charge in [0.2, 0.25) is 5.91 Å². The van der Waals surface area contributed by atoms with E-state index in [0.29, 0.717) is 43.1 Å². The Labute approximate surface area is 137 Å². The summed E-state index contributed by atoms with van der Waals surface area (Å²) in [6.07, 6.45) is 0.542. The van der Waals surface area contributed by atoms with Crippen molar-refractivity contribution in [1.82, 2.24) is 9.80 Å². The van der Waals surface area contributed by atoms with Gasteiger partial charge in [-0.05, 0) is 17.5 Å². The molecule has 0 bridgehead atoms. The Morgan fingerprint density at radius 2 is 1.59 bits per heavy atom. The van der Waals surface area contributed by atoms with Gasteiger partial charge in [0.15, 0.2) is 0 Å². The smallest absolute Gasteiger partial charge is 0.255 e. The first-order valence-corrected chi connectivity index (χ1v) is 8.08. The molecule has 1 aliphatic heterocycles. The summed E-state index contributed by atoms with van der Waals surface area (Å²) in [7, 11) is 0. The number of benzene rings is 1. The fourth-order valence-corrected chi connectivity index (χ4v) is 2.81. The monoisotopic (exact) mass is 320 g/mol. The summed E-state index contributed by atoms with van der Waals surface area (Å²) in [4.78, 5) is 29.1. The van der Waals surface area contributed by atoms with Gasteiger partial charge in [0.25, 0.3) is 5.91 Å². The van der Waals surface area contributed by atoms with Crippen LogP contribution in [0.1, 0.15) is 37.6 Å². The fraction of sp³-hybridized carbons (Fsp3) is 0.529. The zero-order valence-corrected chi connectivity index (χ0v) is 14.4. The second-order valence-electron chi connectivity index (χ2n) is 6.93. The molecular formula is C17H24N2O2S. The minimum absolute atomic E-state index is 0.00495. The predicted molar refractivity (Wildman–Crippen MR) is 90.2 cm³/mol. The predicted octanol–water partition coefficient (Wildman–Crippen LogP) is 2.70. The molecule has 1 heterocycles. The van der Waals surface area contributed by atoms with E-state index in [9.17, 15) is 9.59 Å². The minimum Gasteiger partial charge on any atom is -0.339 e. The Hall–Kier alpha value is -1.49. The van der Waals surface area contributed by atoms with E-state index in [1.165, 1.54) is 0 Å². The molecule has 0 atom stereocenters. The molecule has 5 heteroatoms. The third kappa shape index (κ3) is 4.26. The van der Waals surface area contributed by atoms with E-state index < -0.39 is 0 Å². The van der Waals surface area contributed by atoms with Gasteiger partial charge < -0.3 is 9.80 Å². The number of hydrogen-bond donors (Lipinski definition) is 1. The van der Waals surface area contributed by atoms with Gasteiger partial charge in [-0.2, -0.15) is 0 Å². The molecule has 22 heavy (non-hydrogen) atoms. The molecule has 1 fully saturated rings. The number of rotatable bonds is 2. The maximum absolute atomic E-state index is 12.5. The van der Waals surface area contributed by atoms with Gasteiger partial charge in [0.1, 0.15) is 0 Å². The summed E-state index contributed by atoms with van der Waals surface area (Å²) < 4.78 is 0. The molecule has 1 aromatic carbocycles. The van der Waals surface area contributed by atoms with Gasteiger partial charge in [0, 0.05) is 37.5 Å². The zero-order valence-electron chi connectivity index (χ0n) is 13.5. The quantitative estimate of drug-likeness (QED) is 0.851. The van der Waals surface area contributed by atoms with Crippen LogP contribution in [0.5, 0.6) is 0 Å². The Morgan fingerprint density at radius 1 is 1.05 bits per heavy atom. The van der Waals surface area contributed by atoms with Crippen LogP contribution in [0, 0.1) is 5.41 Å². The highest BCUT2D eigenvalue weighted by Crippen LogP contribution is 2.21. The third-order valence-corrected chi connectivity index (χ3v) is 4.13. The van der Waals surface area contributed by atoms with Gasteiger partial charge in [-0.1, -0.05) is 32.9 Å². The van der Waals surface area contributed by atoms with Crippen molar-refractivity contribution in [2.45, 2.75) is 32.1 Å². The molecule has 1 aromatic rings. The number of carbonyl (C=O) groups excluding carboxylic acids is 2. The number of hydrogen-bond acceptors (Lipinski definition) is 3. The van der Waals surface area contributed by atoms with Crippen LogP contribution in [0.2, 0.25) is 0 Å². The molecule has 0 aromatic heterocycles. The van der Waals surface area contributed by atoms with Gasteiger partial charge in [-0.3, -0.25) is 9.59 Å². The van der Waals surface area contributed by atoms with E-state index in [4.69, 9.17) is 0 Å². The third-order valence-electron chi connectivity index (χ3n) is 3.74. The highest BCUT2D eigenvalue weighted by atomic mass is 32.1. The summed E-state index contributed by atoms with van der Waals surface area (Å²) >= 11 is 4.34. The van der Waals surface area contributed by atoms with Crippen molar-refractivity contribution >= 4 is 24.4 Å². The normalized spacial score (nSPS) is 15.8. The molecule has 2 amide bonds. The van der Waals surface area contributed by atoms with Crippen LogP contribution < -0.4 is 0 Å². The number of nitrogens with zero attached hydrogens (tertiary/aromatic N) is 2. The van der Waals surface area contributed by atoms with Crippen molar-refractivity contribution in [3.05, 3.63) is 29.8 Å². The van der Waals surface area contributed by atoms with Crippen LogP contribution in [0.3, 0.4) is 0 Å². The van der Waals surface area contributed by atoms with Gasteiger partial charge >= 0.3 is 0 Å². The van der Waals surface area contributed by atoms with Crippen LogP contribution in [0.15, 0.2) is 29.2 Å². The van der Waals surface area contributed by atoms with Crippen molar-refractivity contribution < 1.29 is 9.59 Å². The van der Waals surface area contributed by atoms with Crippen LogP contribution in [-0.2, 0) is 4.79 Å². The molecule has 0 N–H and O–H groups in total. The lowest BCUT2D eigenvalue weighted by atomic mass is 9.91. The van der Waals surface area contributed by atoms with Gasteiger partial charge in [0.05, 0.1) is 5.56 Å². The zero-order chi connectivity index (χ0) is 16.3. The van der Waals surface area contributed by atoms with Crippen LogP contribution in [0.25, 0.3) is 0 Å². The summed E-state index contributed by atoms with van der Waals surface area (Å²) in [6.45, 7) is 8.56. The van der Waals surface area contributed by atoms with E-state index in [1.807, 2.05) is 23.1 Å². The Bertz CT molecular complexity index is 558. The highest BCUT2D eigenvalue weighted by molar-refractivity contribution is 7.80. The second kappa shape index (κ2) is 6.73. The van der Waals surface area contributed by atoms with E-state index in [0.717, 1.165) is 0 Å². The van der Waals surface area contributed by atoms with Crippen molar-refractivity contribution in [2.24, 2.45) is 5.41 Å². The first-order chi connectivity index (χ1) is 10.3. The van der Waals surface area contributed by atoms with Crippen LogP contribution in [-0.4, -0.2) is 47.8 Å². The largest absolute Gasteiger partial charge is 0.339 e. The minimum atomic E-state index is -0.00600. The standard InChI is InChI=1S/C17H24N2O2S/c1-17(2,3)12-15(20)18-8-10-19(11-9-18)16(21)13-6-4-5-7-14(13)22/h4-7,22H,8-12H2,1-3H3. The maximum Gasteiger partial charge on any atom is 0.255 e. The first kappa shape index (κ1) is 16.9. The molecule has 1 saturated heterocycles. The Morgan fingerprint density at radius 3 is 2.14 bits per heavy atom. The number of carbonyl (C=O) groups is 2. The molecule has 0 radical (unpaired) electrons. The Kier molecular flexibility index (Phi) is 5.16. The molecule has 0 unspecified atom stereocenters. The SMILES string of the molecule is CC(C)(C)CC(=O)N1CCN(C(=O)c2ccccc2S)CC1. The van der Waals surface area contributed by atoms with Crippen molar-refractivity contribution in [3.63, 3.8) is 0 Å². The molecular weight excluding hydrogens is 296 g/mol. The van der Waals surface area contributed by atoms with E-state index >= 15 is 0 Å². The molecule has 0 saturated carbocycles. The van der Waals surface area contributed by atoms with E-state index in [1.54, 1.807) is 11.0 Å². The number of thiol groups is 1. The van der Waals surface area contributed by atoms with Gasteiger partial charge in [-0.25, -0.2) is 0 Å².